The largest absolute Gasteiger partial charge is 0.490 e. The lowest BCUT2D eigenvalue weighted by atomic mass is 10.1. The van der Waals surface area contributed by atoms with Gasteiger partial charge in [0.05, 0.1) is 17.6 Å². The highest BCUT2D eigenvalue weighted by molar-refractivity contribution is 5.72. The van der Waals surface area contributed by atoms with Gasteiger partial charge in [-0.15, -0.1) is 0 Å². The molecule has 1 aromatic heterocycles. The molecule has 18 heavy (non-hydrogen) atoms. The molecule has 7 heteroatoms. The molecular formula is C11H12N4O3. The Morgan fingerprint density at radius 1 is 1.44 bits per heavy atom. The summed E-state index contributed by atoms with van der Waals surface area (Å²) in [6.45, 7) is 1.78. The van der Waals surface area contributed by atoms with Crippen LogP contribution in [0, 0.1) is 17.0 Å². The zero-order chi connectivity index (χ0) is 13.3. The normalized spacial score (nSPS) is 10.4. The van der Waals surface area contributed by atoms with Crippen molar-refractivity contribution in [3.63, 3.8) is 0 Å². The van der Waals surface area contributed by atoms with E-state index >= 15 is 0 Å². The number of methoxy groups -OCH3 is 1. The van der Waals surface area contributed by atoms with E-state index in [9.17, 15) is 10.1 Å². The maximum atomic E-state index is 11.0. The van der Waals surface area contributed by atoms with Gasteiger partial charge in [0.15, 0.2) is 5.82 Å². The first-order chi connectivity index (χ1) is 8.52. The van der Waals surface area contributed by atoms with E-state index in [2.05, 4.69) is 10.1 Å². The zero-order valence-electron chi connectivity index (χ0n) is 10.2. The summed E-state index contributed by atoms with van der Waals surface area (Å²) in [7, 11) is 3.12. The molecule has 0 fully saturated rings. The van der Waals surface area contributed by atoms with Crippen LogP contribution >= 0.6 is 0 Å². The third kappa shape index (κ3) is 2.02. The summed E-state index contributed by atoms with van der Waals surface area (Å²) in [5.41, 5.74) is 1.19. The number of benzene rings is 1. The molecule has 2 aromatic rings. The van der Waals surface area contributed by atoms with Gasteiger partial charge in [0, 0.05) is 13.1 Å². The second-order valence-corrected chi connectivity index (χ2v) is 3.86. The molecule has 0 aliphatic rings. The van der Waals surface area contributed by atoms with Crippen molar-refractivity contribution in [1.82, 2.24) is 14.8 Å². The van der Waals surface area contributed by atoms with E-state index in [0.29, 0.717) is 11.4 Å². The van der Waals surface area contributed by atoms with Crippen LogP contribution in [0.3, 0.4) is 0 Å². The van der Waals surface area contributed by atoms with Crippen LogP contribution in [0.5, 0.6) is 5.75 Å². The van der Waals surface area contributed by atoms with Crippen LogP contribution in [-0.2, 0) is 7.05 Å². The van der Waals surface area contributed by atoms with Gasteiger partial charge in [-0.05, 0) is 18.6 Å². The van der Waals surface area contributed by atoms with E-state index < -0.39 is 4.92 Å². The number of hydrogen-bond acceptors (Lipinski definition) is 5. The average molecular weight is 248 g/mol. The molecule has 0 aliphatic heterocycles. The SMILES string of the molecule is COc1c(-c2ncn(C)n2)cc(C)cc1[N+](=O)[O-]. The van der Waals surface area contributed by atoms with Crippen LogP contribution < -0.4 is 4.74 Å². The molecule has 94 valence electrons. The lowest BCUT2D eigenvalue weighted by molar-refractivity contribution is -0.385. The van der Waals surface area contributed by atoms with Crippen molar-refractivity contribution in [3.8, 4) is 17.1 Å². The number of nitro groups is 1. The Kier molecular flexibility index (Phi) is 2.97. The van der Waals surface area contributed by atoms with Crippen LogP contribution in [0.4, 0.5) is 5.69 Å². The number of nitrogens with zero attached hydrogens (tertiary/aromatic N) is 4. The van der Waals surface area contributed by atoms with Crippen molar-refractivity contribution in [2.75, 3.05) is 7.11 Å². The number of aromatic nitrogens is 3. The van der Waals surface area contributed by atoms with Crippen molar-refractivity contribution in [2.45, 2.75) is 6.92 Å². The number of aryl methyl sites for hydroxylation is 2. The lowest BCUT2D eigenvalue weighted by Crippen LogP contribution is -1.98. The molecule has 0 saturated heterocycles. The molecule has 0 atom stereocenters. The minimum Gasteiger partial charge on any atom is -0.490 e. The van der Waals surface area contributed by atoms with E-state index in [4.69, 9.17) is 4.74 Å². The second kappa shape index (κ2) is 4.44. The third-order valence-electron chi connectivity index (χ3n) is 2.45. The molecule has 0 spiro atoms. The van der Waals surface area contributed by atoms with Crippen molar-refractivity contribution in [3.05, 3.63) is 34.1 Å². The molecule has 0 unspecified atom stereocenters. The Hall–Kier alpha value is -2.44. The Bertz CT molecular complexity index is 606. The summed E-state index contributed by atoms with van der Waals surface area (Å²) < 4.78 is 6.66. The zero-order valence-corrected chi connectivity index (χ0v) is 10.2. The van der Waals surface area contributed by atoms with Gasteiger partial charge in [-0.1, -0.05) is 0 Å². The molecule has 0 radical (unpaired) electrons. The quantitative estimate of drug-likeness (QED) is 0.609. The summed E-state index contributed by atoms with van der Waals surface area (Å²) in [4.78, 5) is 14.6. The second-order valence-electron chi connectivity index (χ2n) is 3.86. The molecule has 0 aliphatic carbocycles. The average Bonchev–Trinajstić information content (AvgIpc) is 2.74. The van der Waals surface area contributed by atoms with Gasteiger partial charge >= 0.3 is 5.69 Å². The third-order valence-corrected chi connectivity index (χ3v) is 2.45. The fourth-order valence-electron chi connectivity index (χ4n) is 1.73. The predicted octanol–water partition coefficient (Wildman–Crippen LogP) is 1.71. The molecule has 0 amide bonds. The molecule has 7 nitrogen and oxygen atoms in total. The first-order valence-corrected chi connectivity index (χ1v) is 5.22. The molecule has 1 aromatic carbocycles. The highest BCUT2D eigenvalue weighted by atomic mass is 16.6. The first kappa shape index (κ1) is 12.0. The number of ether oxygens (including phenoxy) is 1. The highest BCUT2D eigenvalue weighted by Gasteiger charge is 2.22. The smallest absolute Gasteiger partial charge is 0.311 e. The van der Waals surface area contributed by atoms with E-state index in [0.717, 1.165) is 5.56 Å². The molecule has 0 bridgehead atoms. The Labute approximate surface area is 103 Å². The molecular weight excluding hydrogens is 236 g/mol. The van der Waals surface area contributed by atoms with Gasteiger partial charge in [-0.25, -0.2) is 4.98 Å². The standard InChI is InChI=1S/C11H12N4O3/c1-7-4-8(11-12-6-14(2)13-11)10(18-3)9(5-7)15(16)17/h4-6H,1-3H3. The molecule has 0 saturated carbocycles. The Balaban J connectivity index is 2.69. The maximum Gasteiger partial charge on any atom is 0.311 e. The number of rotatable bonds is 3. The molecule has 0 N–H and O–H groups in total. The van der Waals surface area contributed by atoms with Gasteiger partial charge in [-0.2, -0.15) is 5.10 Å². The van der Waals surface area contributed by atoms with Gasteiger partial charge in [0.2, 0.25) is 5.75 Å². The van der Waals surface area contributed by atoms with Crippen molar-refractivity contribution >= 4 is 5.69 Å². The minimum absolute atomic E-state index is 0.0834. The molecule has 2 rings (SSSR count). The topological polar surface area (TPSA) is 83.1 Å². The molecule has 1 heterocycles. The van der Waals surface area contributed by atoms with E-state index in [-0.39, 0.29) is 11.4 Å². The van der Waals surface area contributed by atoms with Crippen LogP contribution in [0.25, 0.3) is 11.4 Å². The summed E-state index contributed by atoms with van der Waals surface area (Å²) >= 11 is 0. The van der Waals surface area contributed by atoms with Gasteiger partial charge in [0.1, 0.15) is 6.33 Å². The van der Waals surface area contributed by atoms with Crippen molar-refractivity contribution in [1.29, 1.82) is 0 Å². The van der Waals surface area contributed by atoms with Crippen LogP contribution in [0.15, 0.2) is 18.5 Å². The van der Waals surface area contributed by atoms with Gasteiger partial charge in [-0.3, -0.25) is 14.8 Å². The monoisotopic (exact) mass is 248 g/mol. The lowest BCUT2D eigenvalue weighted by Gasteiger charge is -2.07. The Morgan fingerprint density at radius 3 is 2.67 bits per heavy atom. The Morgan fingerprint density at radius 2 is 2.17 bits per heavy atom. The summed E-state index contributed by atoms with van der Waals surface area (Å²) in [6.07, 6.45) is 1.53. The van der Waals surface area contributed by atoms with Crippen LogP contribution in [0.2, 0.25) is 0 Å². The van der Waals surface area contributed by atoms with Gasteiger partial charge in [0.25, 0.3) is 0 Å². The van der Waals surface area contributed by atoms with E-state index in [1.165, 1.54) is 24.2 Å². The van der Waals surface area contributed by atoms with Crippen LogP contribution in [0.1, 0.15) is 5.56 Å². The van der Waals surface area contributed by atoms with Crippen molar-refractivity contribution < 1.29 is 9.66 Å². The van der Waals surface area contributed by atoms with Crippen molar-refractivity contribution in [2.24, 2.45) is 7.05 Å². The maximum absolute atomic E-state index is 11.0. The fraction of sp³-hybridized carbons (Fsp3) is 0.273. The summed E-state index contributed by atoms with van der Waals surface area (Å²) in [6, 6.07) is 3.23. The first-order valence-electron chi connectivity index (χ1n) is 5.22. The minimum atomic E-state index is -0.474. The van der Waals surface area contributed by atoms with E-state index in [1.54, 1.807) is 20.0 Å². The summed E-state index contributed by atoms with van der Waals surface area (Å²) in [5, 5.41) is 15.1. The van der Waals surface area contributed by atoms with E-state index in [1.807, 2.05) is 0 Å². The van der Waals surface area contributed by atoms with Gasteiger partial charge < -0.3 is 4.74 Å². The number of nitro benzene ring substituents is 1. The van der Waals surface area contributed by atoms with Crippen LogP contribution in [-0.4, -0.2) is 26.8 Å². The summed E-state index contributed by atoms with van der Waals surface area (Å²) in [5.74, 6) is 0.581. The predicted molar refractivity (Wildman–Crippen MR) is 64.4 cm³/mol. The fourth-order valence-corrected chi connectivity index (χ4v) is 1.73. The highest BCUT2D eigenvalue weighted by Crippen LogP contribution is 2.37. The number of hydrogen-bond donors (Lipinski definition) is 0.